The molecule has 4 heteroatoms. The van der Waals surface area contributed by atoms with Crippen molar-refractivity contribution in [2.75, 3.05) is 13.2 Å². The molecule has 1 saturated carbocycles. The summed E-state index contributed by atoms with van der Waals surface area (Å²) in [5.74, 6) is 0.0501. The molecular formula is C13H26N2O2. The third-order valence-electron chi connectivity index (χ3n) is 3.42. The molecule has 0 aromatic rings. The van der Waals surface area contributed by atoms with Crippen molar-refractivity contribution in [3.8, 4) is 0 Å². The second-order valence-electron chi connectivity index (χ2n) is 5.41. The maximum atomic E-state index is 11.8. The Kier molecular flexibility index (Phi) is 5.92. The van der Waals surface area contributed by atoms with E-state index in [1.165, 1.54) is 6.42 Å². The Labute approximate surface area is 104 Å². The summed E-state index contributed by atoms with van der Waals surface area (Å²) < 4.78 is 0. The average molecular weight is 242 g/mol. The minimum Gasteiger partial charge on any atom is -0.394 e. The van der Waals surface area contributed by atoms with E-state index in [0.717, 1.165) is 25.7 Å². The van der Waals surface area contributed by atoms with Gasteiger partial charge in [-0.05, 0) is 12.8 Å². The second kappa shape index (κ2) is 6.97. The van der Waals surface area contributed by atoms with E-state index in [-0.39, 0.29) is 18.1 Å². The molecule has 0 bridgehead atoms. The molecule has 4 nitrogen and oxygen atoms in total. The van der Waals surface area contributed by atoms with Crippen molar-refractivity contribution in [2.24, 2.45) is 0 Å². The third-order valence-corrected chi connectivity index (χ3v) is 3.42. The van der Waals surface area contributed by atoms with Gasteiger partial charge in [0.1, 0.15) is 0 Å². The van der Waals surface area contributed by atoms with Crippen LogP contribution < -0.4 is 10.6 Å². The van der Waals surface area contributed by atoms with Gasteiger partial charge in [-0.15, -0.1) is 0 Å². The van der Waals surface area contributed by atoms with Crippen LogP contribution in [-0.2, 0) is 4.79 Å². The van der Waals surface area contributed by atoms with Crippen molar-refractivity contribution in [3.63, 3.8) is 0 Å². The second-order valence-corrected chi connectivity index (χ2v) is 5.41. The molecule has 0 aliphatic heterocycles. The number of carbonyl (C=O) groups is 1. The predicted octanol–water partition coefficient (Wildman–Crippen LogP) is 1.19. The van der Waals surface area contributed by atoms with E-state index in [1.807, 2.05) is 0 Å². The lowest BCUT2D eigenvalue weighted by Gasteiger charge is -2.36. The summed E-state index contributed by atoms with van der Waals surface area (Å²) in [4.78, 5) is 11.8. The maximum absolute atomic E-state index is 11.8. The quantitative estimate of drug-likeness (QED) is 0.655. The summed E-state index contributed by atoms with van der Waals surface area (Å²) in [6.45, 7) is 4.89. The predicted molar refractivity (Wildman–Crippen MR) is 68.8 cm³/mol. The Morgan fingerprint density at radius 2 is 1.94 bits per heavy atom. The van der Waals surface area contributed by atoms with Gasteiger partial charge in [0.15, 0.2) is 0 Å². The summed E-state index contributed by atoms with van der Waals surface area (Å²) in [6, 6.07) is 0.407. The first kappa shape index (κ1) is 14.5. The van der Waals surface area contributed by atoms with E-state index in [1.54, 1.807) is 0 Å². The van der Waals surface area contributed by atoms with Gasteiger partial charge in [0.05, 0.1) is 12.1 Å². The summed E-state index contributed by atoms with van der Waals surface area (Å²) in [7, 11) is 0. The van der Waals surface area contributed by atoms with Gasteiger partial charge in [0.25, 0.3) is 0 Å². The normalized spacial score (nSPS) is 19.3. The van der Waals surface area contributed by atoms with Gasteiger partial charge in [0.2, 0.25) is 5.91 Å². The van der Waals surface area contributed by atoms with Crippen LogP contribution in [0.1, 0.15) is 52.4 Å². The van der Waals surface area contributed by atoms with Crippen molar-refractivity contribution in [1.29, 1.82) is 0 Å². The summed E-state index contributed by atoms with van der Waals surface area (Å²) in [5, 5.41) is 15.7. The lowest BCUT2D eigenvalue weighted by molar-refractivity contribution is -0.124. The van der Waals surface area contributed by atoms with E-state index < -0.39 is 0 Å². The number of aliphatic hydroxyl groups is 1. The number of hydrogen-bond donors (Lipinski definition) is 3. The molecule has 1 aliphatic rings. The molecule has 1 aliphatic carbocycles. The number of nitrogens with one attached hydrogen (secondary N) is 2. The topological polar surface area (TPSA) is 61.4 Å². The Balaban J connectivity index is 2.32. The van der Waals surface area contributed by atoms with Crippen LogP contribution >= 0.6 is 0 Å². The van der Waals surface area contributed by atoms with E-state index in [2.05, 4.69) is 24.5 Å². The van der Waals surface area contributed by atoms with Crippen LogP contribution in [0.3, 0.4) is 0 Å². The number of aliphatic hydroxyl groups excluding tert-OH is 1. The molecule has 1 amide bonds. The van der Waals surface area contributed by atoms with Crippen molar-refractivity contribution >= 4 is 5.91 Å². The van der Waals surface area contributed by atoms with E-state index in [9.17, 15) is 9.90 Å². The third kappa shape index (κ3) is 5.04. The number of amides is 1. The van der Waals surface area contributed by atoms with Crippen LogP contribution in [0.4, 0.5) is 0 Å². The smallest absolute Gasteiger partial charge is 0.221 e. The first-order chi connectivity index (χ1) is 8.08. The Hall–Kier alpha value is -0.610. The molecule has 1 fully saturated rings. The average Bonchev–Trinajstić information content (AvgIpc) is 2.29. The van der Waals surface area contributed by atoms with Crippen molar-refractivity contribution < 1.29 is 9.90 Å². The zero-order chi connectivity index (χ0) is 12.7. The minimum atomic E-state index is -0.340. The summed E-state index contributed by atoms with van der Waals surface area (Å²) in [5.41, 5.74) is -0.340. The van der Waals surface area contributed by atoms with Crippen LogP contribution in [0.2, 0.25) is 0 Å². The van der Waals surface area contributed by atoms with Crippen molar-refractivity contribution in [2.45, 2.75) is 64.0 Å². The van der Waals surface area contributed by atoms with Crippen LogP contribution in [-0.4, -0.2) is 35.7 Å². The molecule has 0 heterocycles. The highest BCUT2D eigenvalue weighted by molar-refractivity contribution is 5.77. The molecule has 0 saturated heterocycles. The maximum Gasteiger partial charge on any atom is 0.221 e. The Morgan fingerprint density at radius 3 is 2.47 bits per heavy atom. The Morgan fingerprint density at radius 1 is 1.29 bits per heavy atom. The molecule has 0 aromatic heterocycles. The minimum absolute atomic E-state index is 0.0501. The van der Waals surface area contributed by atoms with Gasteiger partial charge in [0, 0.05) is 19.0 Å². The van der Waals surface area contributed by atoms with Crippen LogP contribution in [0.5, 0.6) is 0 Å². The lowest BCUT2D eigenvalue weighted by Crippen LogP contribution is -2.52. The van der Waals surface area contributed by atoms with E-state index in [0.29, 0.717) is 19.0 Å². The van der Waals surface area contributed by atoms with Gasteiger partial charge in [-0.25, -0.2) is 0 Å². The SMILES string of the molecule is CC(C)NCCC(=O)NC1(CO)CCCCC1. The molecule has 0 atom stereocenters. The molecule has 100 valence electrons. The van der Waals surface area contributed by atoms with Gasteiger partial charge >= 0.3 is 0 Å². The van der Waals surface area contributed by atoms with Crippen LogP contribution in [0.25, 0.3) is 0 Å². The molecule has 3 N–H and O–H groups in total. The Bertz CT molecular complexity index is 236. The zero-order valence-corrected chi connectivity index (χ0v) is 11.1. The highest BCUT2D eigenvalue weighted by Crippen LogP contribution is 2.27. The van der Waals surface area contributed by atoms with Gasteiger partial charge in [-0.3, -0.25) is 4.79 Å². The molecule has 0 spiro atoms. The molecule has 17 heavy (non-hydrogen) atoms. The fourth-order valence-electron chi connectivity index (χ4n) is 2.38. The number of rotatable bonds is 6. The van der Waals surface area contributed by atoms with Crippen molar-refractivity contribution in [3.05, 3.63) is 0 Å². The van der Waals surface area contributed by atoms with E-state index >= 15 is 0 Å². The summed E-state index contributed by atoms with van der Waals surface area (Å²) >= 11 is 0. The monoisotopic (exact) mass is 242 g/mol. The molecule has 0 unspecified atom stereocenters. The van der Waals surface area contributed by atoms with Crippen LogP contribution in [0, 0.1) is 0 Å². The van der Waals surface area contributed by atoms with Gasteiger partial charge < -0.3 is 15.7 Å². The summed E-state index contributed by atoms with van der Waals surface area (Å²) in [6.07, 6.45) is 5.72. The largest absolute Gasteiger partial charge is 0.394 e. The molecule has 1 rings (SSSR count). The zero-order valence-electron chi connectivity index (χ0n) is 11.1. The van der Waals surface area contributed by atoms with E-state index in [4.69, 9.17) is 0 Å². The number of carbonyl (C=O) groups excluding carboxylic acids is 1. The fourth-order valence-corrected chi connectivity index (χ4v) is 2.38. The molecular weight excluding hydrogens is 216 g/mol. The lowest BCUT2D eigenvalue weighted by atomic mass is 9.82. The first-order valence-electron chi connectivity index (χ1n) is 6.73. The molecule has 0 aromatic carbocycles. The van der Waals surface area contributed by atoms with Gasteiger partial charge in [-0.2, -0.15) is 0 Å². The highest BCUT2D eigenvalue weighted by atomic mass is 16.3. The fraction of sp³-hybridized carbons (Fsp3) is 0.923. The van der Waals surface area contributed by atoms with Crippen LogP contribution in [0.15, 0.2) is 0 Å². The molecule has 0 radical (unpaired) electrons. The highest BCUT2D eigenvalue weighted by Gasteiger charge is 2.32. The number of hydrogen-bond acceptors (Lipinski definition) is 3. The first-order valence-corrected chi connectivity index (χ1v) is 6.73. The standard InChI is InChI=1S/C13H26N2O2/c1-11(2)14-9-6-12(17)15-13(10-16)7-4-3-5-8-13/h11,14,16H,3-10H2,1-2H3,(H,15,17). The van der Waals surface area contributed by atoms with Gasteiger partial charge in [-0.1, -0.05) is 33.1 Å². The van der Waals surface area contributed by atoms with Crippen molar-refractivity contribution in [1.82, 2.24) is 10.6 Å².